The lowest BCUT2D eigenvalue weighted by molar-refractivity contribution is 0.467. The van der Waals surface area contributed by atoms with Gasteiger partial charge in [-0.25, -0.2) is 4.39 Å². The van der Waals surface area contributed by atoms with E-state index in [0.29, 0.717) is 0 Å². The number of hydrogen-bond acceptors (Lipinski definition) is 4. The highest BCUT2D eigenvalue weighted by molar-refractivity contribution is 7.86. The van der Waals surface area contributed by atoms with Crippen molar-refractivity contribution in [3.63, 3.8) is 0 Å². The Morgan fingerprint density at radius 3 is 2.54 bits per heavy atom. The van der Waals surface area contributed by atoms with Gasteiger partial charge in [-0.3, -0.25) is 0 Å². The molecule has 0 aromatic heterocycles. The maximum atomic E-state index is 12.9. The number of benzene rings is 1. The van der Waals surface area contributed by atoms with Gasteiger partial charge in [-0.05, 0) is 12.1 Å². The molecule has 0 radical (unpaired) electrons. The van der Waals surface area contributed by atoms with Crippen molar-refractivity contribution in [3.05, 3.63) is 24.0 Å². The van der Waals surface area contributed by atoms with Crippen LogP contribution in [0.3, 0.4) is 0 Å². The van der Waals surface area contributed by atoms with Gasteiger partial charge >= 0.3 is 10.1 Å². The van der Waals surface area contributed by atoms with Crippen LogP contribution in [0.2, 0.25) is 0 Å². The highest BCUT2D eigenvalue weighted by atomic mass is 32.2. The summed E-state index contributed by atoms with van der Waals surface area (Å²) in [6.07, 6.45) is 0.836. The summed E-state index contributed by atoms with van der Waals surface area (Å²) < 4.78 is 38.5. The van der Waals surface area contributed by atoms with Crippen LogP contribution in [0.15, 0.2) is 18.2 Å². The fraction of sp³-hybridized carbons (Fsp3) is 0.143. The molecule has 1 rings (SSSR count). The Morgan fingerprint density at radius 2 is 2.08 bits per heavy atom. The molecular formula is C7H8FNO3S. The third-order valence-electron chi connectivity index (χ3n) is 1.20. The molecule has 0 heterocycles. The monoisotopic (exact) mass is 205 g/mol. The minimum Gasteiger partial charge on any atom is -0.399 e. The first kappa shape index (κ1) is 9.79. The van der Waals surface area contributed by atoms with E-state index >= 15 is 0 Å². The molecule has 13 heavy (non-hydrogen) atoms. The molecule has 0 atom stereocenters. The molecule has 0 spiro atoms. The van der Waals surface area contributed by atoms with Crippen molar-refractivity contribution in [2.45, 2.75) is 0 Å². The van der Waals surface area contributed by atoms with Crippen LogP contribution in [0.1, 0.15) is 0 Å². The lowest BCUT2D eigenvalue weighted by Gasteiger charge is -2.03. The summed E-state index contributed by atoms with van der Waals surface area (Å²) in [7, 11) is -3.69. The first-order valence-corrected chi connectivity index (χ1v) is 5.14. The standard InChI is InChI=1S/C7H8FNO3S/c1-13(10,11)12-7-3-2-5(9)4-6(7)8/h2-4H,9H2,1H3. The van der Waals surface area contributed by atoms with Gasteiger partial charge < -0.3 is 9.92 Å². The van der Waals surface area contributed by atoms with E-state index in [9.17, 15) is 12.8 Å². The molecule has 0 aliphatic carbocycles. The van der Waals surface area contributed by atoms with Gasteiger partial charge in [0.25, 0.3) is 0 Å². The van der Waals surface area contributed by atoms with E-state index in [1.165, 1.54) is 6.07 Å². The molecule has 1 aromatic carbocycles. The largest absolute Gasteiger partial charge is 0.399 e. The second-order valence-corrected chi connectivity index (χ2v) is 4.05. The topological polar surface area (TPSA) is 69.4 Å². The summed E-state index contributed by atoms with van der Waals surface area (Å²) in [6.45, 7) is 0. The van der Waals surface area contributed by atoms with E-state index in [-0.39, 0.29) is 11.4 Å². The van der Waals surface area contributed by atoms with E-state index in [1.807, 2.05) is 0 Å². The van der Waals surface area contributed by atoms with Crippen LogP contribution in [-0.2, 0) is 10.1 Å². The SMILES string of the molecule is CS(=O)(=O)Oc1ccc(N)cc1F. The molecule has 0 bridgehead atoms. The molecule has 0 unspecified atom stereocenters. The molecule has 2 N–H and O–H groups in total. The minimum atomic E-state index is -3.69. The van der Waals surface area contributed by atoms with Crippen molar-refractivity contribution in [1.29, 1.82) is 0 Å². The van der Waals surface area contributed by atoms with Gasteiger partial charge in [0.05, 0.1) is 6.26 Å². The maximum absolute atomic E-state index is 12.9. The summed E-state index contributed by atoms with van der Waals surface area (Å²) in [5.41, 5.74) is 5.45. The number of nitrogens with two attached hydrogens (primary N) is 1. The Balaban J connectivity index is 3.04. The molecule has 0 amide bonds. The van der Waals surface area contributed by atoms with Crippen molar-refractivity contribution in [1.82, 2.24) is 0 Å². The molecule has 6 heteroatoms. The second-order valence-electron chi connectivity index (χ2n) is 2.48. The van der Waals surface area contributed by atoms with Gasteiger partial charge in [-0.2, -0.15) is 8.42 Å². The molecule has 72 valence electrons. The van der Waals surface area contributed by atoms with Crippen LogP contribution in [-0.4, -0.2) is 14.7 Å². The average Bonchev–Trinajstić information content (AvgIpc) is 1.93. The van der Waals surface area contributed by atoms with E-state index in [4.69, 9.17) is 5.73 Å². The second kappa shape index (κ2) is 3.21. The Kier molecular flexibility index (Phi) is 2.42. The summed E-state index contributed by atoms with van der Waals surface area (Å²) in [4.78, 5) is 0. The molecule has 0 saturated heterocycles. The zero-order chi connectivity index (χ0) is 10.1. The van der Waals surface area contributed by atoms with Gasteiger partial charge in [0, 0.05) is 11.8 Å². The molecule has 4 nitrogen and oxygen atoms in total. The maximum Gasteiger partial charge on any atom is 0.306 e. The highest BCUT2D eigenvalue weighted by Gasteiger charge is 2.09. The summed E-state index contributed by atoms with van der Waals surface area (Å²) in [5.74, 6) is -1.15. The smallest absolute Gasteiger partial charge is 0.306 e. The summed E-state index contributed by atoms with van der Waals surface area (Å²) in [5, 5.41) is 0. The Morgan fingerprint density at radius 1 is 1.46 bits per heavy atom. The first-order valence-electron chi connectivity index (χ1n) is 3.33. The van der Waals surface area contributed by atoms with E-state index in [1.54, 1.807) is 0 Å². The predicted molar refractivity (Wildman–Crippen MR) is 46.3 cm³/mol. The molecular weight excluding hydrogens is 197 g/mol. The number of hydrogen-bond donors (Lipinski definition) is 1. The molecule has 0 saturated carbocycles. The van der Waals surface area contributed by atoms with Crippen molar-refractivity contribution < 1.29 is 17.0 Å². The van der Waals surface area contributed by atoms with Crippen LogP contribution in [0.5, 0.6) is 5.75 Å². The quantitative estimate of drug-likeness (QED) is 0.571. The van der Waals surface area contributed by atoms with E-state index in [2.05, 4.69) is 4.18 Å². The average molecular weight is 205 g/mol. The van der Waals surface area contributed by atoms with Gasteiger partial charge in [0.1, 0.15) is 0 Å². The fourth-order valence-corrected chi connectivity index (χ4v) is 1.21. The molecule has 0 fully saturated rings. The van der Waals surface area contributed by atoms with Crippen molar-refractivity contribution in [2.24, 2.45) is 0 Å². The Hall–Kier alpha value is -1.30. The van der Waals surface area contributed by atoms with Gasteiger partial charge in [0.15, 0.2) is 11.6 Å². The molecule has 0 aliphatic rings. The third kappa shape index (κ3) is 2.90. The van der Waals surface area contributed by atoms with Crippen molar-refractivity contribution in [2.75, 3.05) is 12.0 Å². The predicted octanol–water partition coefficient (Wildman–Crippen LogP) is 0.746. The lowest BCUT2D eigenvalue weighted by atomic mass is 10.3. The van der Waals surface area contributed by atoms with Crippen LogP contribution in [0.25, 0.3) is 0 Å². The van der Waals surface area contributed by atoms with Crippen molar-refractivity contribution >= 4 is 15.8 Å². The number of rotatable bonds is 2. The number of halogens is 1. The van der Waals surface area contributed by atoms with E-state index < -0.39 is 15.9 Å². The summed E-state index contributed by atoms with van der Waals surface area (Å²) in [6, 6.07) is 3.50. The minimum absolute atomic E-state index is 0.207. The number of nitrogen functional groups attached to an aromatic ring is 1. The van der Waals surface area contributed by atoms with Gasteiger partial charge in [-0.1, -0.05) is 0 Å². The Bertz CT molecular complexity index is 416. The van der Waals surface area contributed by atoms with Crippen molar-refractivity contribution in [3.8, 4) is 5.75 Å². The third-order valence-corrected chi connectivity index (χ3v) is 1.68. The zero-order valence-electron chi connectivity index (χ0n) is 6.82. The van der Waals surface area contributed by atoms with Gasteiger partial charge in [0.2, 0.25) is 0 Å². The van der Waals surface area contributed by atoms with E-state index in [0.717, 1.165) is 18.4 Å². The van der Waals surface area contributed by atoms with Crippen LogP contribution in [0.4, 0.5) is 10.1 Å². The molecule has 0 aliphatic heterocycles. The molecule has 1 aromatic rings. The normalized spacial score (nSPS) is 11.2. The van der Waals surface area contributed by atoms with Gasteiger partial charge in [-0.15, -0.1) is 0 Å². The highest BCUT2D eigenvalue weighted by Crippen LogP contribution is 2.20. The number of anilines is 1. The van der Waals surface area contributed by atoms with Crippen LogP contribution >= 0.6 is 0 Å². The Labute approximate surface area is 75.2 Å². The van der Waals surface area contributed by atoms with Crippen LogP contribution < -0.4 is 9.92 Å². The van der Waals surface area contributed by atoms with Crippen LogP contribution in [0, 0.1) is 5.82 Å². The lowest BCUT2D eigenvalue weighted by Crippen LogP contribution is -2.07. The zero-order valence-corrected chi connectivity index (χ0v) is 7.64. The fourth-order valence-electron chi connectivity index (χ4n) is 0.748. The first-order chi connectivity index (χ1) is 5.88. The summed E-state index contributed by atoms with van der Waals surface area (Å²) >= 11 is 0.